The Balaban J connectivity index is 1.96. The van der Waals surface area contributed by atoms with E-state index in [1.807, 2.05) is 25.1 Å². The van der Waals surface area contributed by atoms with Crippen LogP contribution >= 0.6 is 0 Å². The van der Waals surface area contributed by atoms with Gasteiger partial charge in [-0.2, -0.15) is 0 Å². The third-order valence-corrected chi connectivity index (χ3v) is 3.94. The fraction of sp³-hybridized carbons (Fsp3) is 0.294. The Morgan fingerprint density at radius 2 is 1.95 bits per heavy atom. The van der Waals surface area contributed by atoms with E-state index in [1.54, 1.807) is 13.2 Å². The van der Waals surface area contributed by atoms with E-state index in [-0.39, 0.29) is 18.0 Å². The van der Waals surface area contributed by atoms with Gasteiger partial charge < -0.3 is 15.2 Å². The predicted molar refractivity (Wildman–Crippen MR) is 79.0 cm³/mol. The van der Waals surface area contributed by atoms with E-state index in [2.05, 4.69) is 0 Å². The lowest BCUT2D eigenvalue weighted by molar-refractivity contribution is 0.160. The third-order valence-electron chi connectivity index (χ3n) is 3.94. The summed E-state index contributed by atoms with van der Waals surface area (Å²) in [5.41, 5.74) is 9.08. The highest BCUT2D eigenvalue weighted by atomic mass is 19.1. The highest BCUT2D eigenvalue weighted by Gasteiger charge is 2.28. The van der Waals surface area contributed by atoms with Crippen LogP contribution in [0.1, 0.15) is 35.3 Å². The van der Waals surface area contributed by atoms with Gasteiger partial charge in [-0.1, -0.05) is 12.1 Å². The highest BCUT2D eigenvalue weighted by Crippen LogP contribution is 2.41. The Hall–Kier alpha value is -2.07. The summed E-state index contributed by atoms with van der Waals surface area (Å²) in [6, 6.07) is 10.3. The average Bonchev–Trinajstić information content (AvgIpc) is 2.46. The molecule has 2 aromatic carbocycles. The molecule has 3 rings (SSSR count). The van der Waals surface area contributed by atoms with E-state index in [9.17, 15) is 4.39 Å². The number of halogens is 1. The van der Waals surface area contributed by atoms with Gasteiger partial charge in [0.1, 0.15) is 23.4 Å². The first-order chi connectivity index (χ1) is 10.1. The number of methoxy groups -OCH3 is 1. The maximum atomic E-state index is 13.2. The molecule has 0 saturated carbocycles. The number of rotatable bonds is 2. The first-order valence-corrected chi connectivity index (χ1v) is 6.94. The van der Waals surface area contributed by atoms with Gasteiger partial charge in [-0.3, -0.25) is 0 Å². The van der Waals surface area contributed by atoms with Crippen molar-refractivity contribution in [1.29, 1.82) is 0 Å². The molecule has 0 aromatic heterocycles. The van der Waals surface area contributed by atoms with Crippen molar-refractivity contribution in [1.82, 2.24) is 0 Å². The standard InChI is InChI=1S/C17H18FNO2/c1-10-7-11(18)3-5-13(10)17-9-15(19)14-6-4-12(20-2)8-16(14)21-17/h3-8,15,17H,9,19H2,1-2H3/t15-,17?/m1/s1. The van der Waals surface area contributed by atoms with Crippen molar-refractivity contribution >= 4 is 0 Å². The van der Waals surface area contributed by atoms with Crippen LogP contribution in [0.25, 0.3) is 0 Å². The van der Waals surface area contributed by atoms with Crippen molar-refractivity contribution in [2.45, 2.75) is 25.5 Å². The molecule has 1 unspecified atom stereocenters. The molecule has 0 bridgehead atoms. The zero-order valence-corrected chi connectivity index (χ0v) is 12.1. The van der Waals surface area contributed by atoms with E-state index in [0.29, 0.717) is 6.42 Å². The van der Waals surface area contributed by atoms with Crippen molar-refractivity contribution in [2.75, 3.05) is 7.11 Å². The molecule has 0 spiro atoms. The molecular weight excluding hydrogens is 269 g/mol. The molecule has 110 valence electrons. The Labute approximate surface area is 123 Å². The smallest absolute Gasteiger partial charge is 0.128 e. The molecule has 0 aliphatic carbocycles. The third kappa shape index (κ3) is 2.59. The van der Waals surface area contributed by atoms with Crippen LogP contribution in [-0.4, -0.2) is 7.11 Å². The van der Waals surface area contributed by atoms with Crippen molar-refractivity contribution < 1.29 is 13.9 Å². The molecule has 3 nitrogen and oxygen atoms in total. The largest absolute Gasteiger partial charge is 0.497 e. The van der Waals surface area contributed by atoms with Gasteiger partial charge in [-0.05, 0) is 36.2 Å². The van der Waals surface area contributed by atoms with E-state index in [1.165, 1.54) is 12.1 Å². The minimum Gasteiger partial charge on any atom is -0.497 e. The van der Waals surface area contributed by atoms with Crippen molar-refractivity contribution in [2.24, 2.45) is 5.73 Å². The van der Waals surface area contributed by atoms with E-state index < -0.39 is 0 Å². The zero-order chi connectivity index (χ0) is 15.0. The van der Waals surface area contributed by atoms with Crippen LogP contribution in [0.2, 0.25) is 0 Å². The van der Waals surface area contributed by atoms with Crippen LogP contribution in [0.15, 0.2) is 36.4 Å². The number of fused-ring (bicyclic) bond motifs is 1. The lowest BCUT2D eigenvalue weighted by Crippen LogP contribution is -2.24. The molecule has 1 heterocycles. The molecule has 0 amide bonds. The summed E-state index contributed by atoms with van der Waals surface area (Å²) >= 11 is 0. The van der Waals surface area contributed by atoms with Gasteiger partial charge in [0.15, 0.2) is 0 Å². The lowest BCUT2D eigenvalue weighted by atomic mass is 9.91. The first-order valence-electron chi connectivity index (χ1n) is 6.94. The average molecular weight is 287 g/mol. The predicted octanol–water partition coefficient (Wildman–Crippen LogP) is 3.67. The first kappa shape index (κ1) is 13.9. The number of ether oxygens (including phenoxy) is 2. The van der Waals surface area contributed by atoms with Crippen LogP contribution in [0, 0.1) is 12.7 Å². The van der Waals surface area contributed by atoms with E-state index >= 15 is 0 Å². The Morgan fingerprint density at radius 1 is 1.19 bits per heavy atom. The van der Waals surface area contributed by atoms with Gasteiger partial charge in [0, 0.05) is 24.1 Å². The Kier molecular flexibility index (Phi) is 3.55. The van der Waals surface area contributed by atoms with Gasteiger partial charge in [0.25, 0.3) is 0 Å². The monoisotopic (exact) mass is 287 g/mol. The quantitative estimate of drug-likeness (QED) is 0.916. The fourth-order valence-corrected chi connectivity index (χ4v) is 2.80. The summed E-state index contributed by atoms with van der Waals surface area (Å²) in [5, 5.41) is 0. The van der Waals surface area contributed by atoms with Crippen LogP contribution < -0.4 is 15.2 Å². The molecule has 1 aliphatic heterocycles. The van der Waals surface area contributed by atoms with Crippen LogP contribution in [0.3, 0.4) is 0 Å². The van der Waals surface area contributed by atoms with Gasteiger partial charge in [0.05, 0.1) is 7.11 Å². The Morgan fingerprint density at radius 3 is 2.67 bits per heavy atom. The van der Waals surface area contributed by atoms with Gasteiger partial charge in [0.2, 0.25) is 0 Å². The maximum absolute atomic E-state index is 13.2. The summed E-state index contributed by atoms with van der Waals surface area (Å²) in [7, 11) is 1.62. The van der Waals surface area contributed by atoms with Gasteiger partial charge in [-0.15, -0.1) is 0 Å². The second-order valence-corrected chi connectivity index (χ2v) is 5.35. The van der Waals surface area contributed by atoms with E-state index in [4.69, 9.17) is 15.2 Å². The molecule has 21 heavy (non-hydrogen) atoms. The normalized spacial score (nSPS) is 20.6. The number of hydrogen-bond acceptors (Lipinski definition) is 3. The maximum Gasteiger partial charge on any atom is 0.128 e. The summed E-state index contributed by atoms with van der Waals surface area (Å²) in [5.74, 6) is 1.23. The number of nitrogens with two attached hydrogens (primary N) is 1. The van der Waals surface area contributed by atoms with Crippen LogP contribution in [0.4, 0.5) is 4.39 Å². The van der Waals surface area contributed by atoms with Gasteiger partial charge >= 0.3 is 0 Å². The molecule has 2 aromatic rings. The molecule has 2 N–H and O–H groups in total. The topological polar surface area (TPSA) is 44.5 Å². The number of aryl methyl sites for hydroxylation is 1. The second kappa shape index (κ2) is 5.37. The minimum absolute atomic E-state index is 0.103. The van der Waals surface area contributed by atoms with E-state index in [0.717, 1.165) is 28.2 Å². The SMILES string of the molecule is COc1ccc2c(c1)OC(c1ccc(F)cc1C)C[C@H]2N. The molecule has 0 saturated heterocycles. The van der Waals surface area contributed by atoms with Crippen LogP contribution in [-0.2, 0) is 0 Å². The van der Waals surface area contributed by atoms with Crippen molar-refractivity contribution in [3.05, 3.63) is 58.9 Å². The molecular formula is C17H18FNO2. The van der Waals surface area contributed by atoms with Gasteiger partial charge in [-0.25, -0.2) is 4.39 Å². The number of hydrogen-bond donors (Lipinski definition) is 1. The van der Waals surface area contributed by atoms with Crippen LogP contribution in [0.5, 0.6) is 11.5 Å². The minimum atomic E-state index is -0.238. The highest BCUT2D eigenvalue weighted by molar-refractivity contribution is 5.45. The van der Waals surface area contributed by atoms with Crippen molar-refractivity contribution in [3.63, 3.8) is 0 Å². The molecule has 2 atom stereocenters. The summed E-state index contributed by atoms with van der Waals surface area (Å²) < 4.78 is 24.5. The number of benzene rings is 2. The molecule has 4 heteroatoms. The summed E-state index contributed by atoms with van der Waals surface area (Å²) in [6.07, 6.45) is 0.506. The fourth-order valence-electron chi connectivity index (χ4n) is 2.80. The second-order valence-electron chi connectivity index (χ2n) is 5.35. The zero-order valence-electron chi connectivity index (χ0n) is 12.1. The summed E-state index contributed by atoms with van der Waals surface area (Å²) in [6.45, 7) is 1.88. The van der Waals surface area contributed by atoms with Crippen molar-refractivity contribution in [3.8, 4) is 11.5 Å². The molecule has 0 radical (unpaired) electrons. The Bertz CT molecular complexity index is 672. The summed E-state index contributed by atoms with van der Waals surface area (Å²) in [4.78, 5) is 0. The molecule has 1 aliphatic rings. The molecule has 0 fully saturated rings. The lowest BCUT2D eigenvalue weighted by Gasteiger charge is -2.31.